The second-order valence-corrected chi connectivity index (χ2v) is 4.37. The molecule has 0 fully saturated rings. The van der Waals surface area contributed by atoms with E-state index in [0.717, 1.165) is 0 Å². The third-order valence-corrected chi connectivity index (χ3v) is 3.18. The summed E-state index contributed by atoms with van der Waals surface area (Å²) < 4.78 is 0. The summed E-state index contributed by atoms with van der Waals surface area (Å²) in [4.78, 5) is 3.54. The predicted molar refractivity (Wildman–Crippen MR) is 60.1 cm³/mol. The predicted octanol–water partition coefficient (Wildman–Crippen LogP) is 1.57. The van der Waals surface area contributed by atoms with Gasteiger partial charge in [0, 0.05) is 21.8 Å². The van der Waals surface area contributed by atoms with E-state index in [1.165, 1.54) is 41.1 Å². The van der Waals surface area contributed by atoms with Gasteiger partial charge in [0.05, 0.1) is 0 Å². The van der Waals surface area contributed by atoms with Crippen LogP contribution in [-0.4, -0.2) is 4.98 Å². The Morgan fingerprint density at radius 1 is 1.43 bits per heavy atom. The lowest BCUT2D eigenvalue weighted by Gasteiger charge is -2.06. The number of aromatic amines is 1. The van der Waals surface area contributed by atoms with E-state index < -0.39 is 0 Å². The Hall–Kier alpha value is -1.24. The van der Waals surface area contributed by atoms with Crippen molar-refractivity contribution in [2.45, 2.75) is 26.2 Å². The van der Waals surface area contributed by atoms with Crippen LogP contribution < -0.4 is 10.6 Å². The maximum atomic E-state index is 3.54. The summed E-state index contributed by atoms with van der Waals surface area (Å²) in [5, 5.41) is 2.79. The number of aryl methyl sites for hydroxylation is 1. The number of hydrogen-bond donors (Lipinski definition) is 1. The minimum Gasteiger partial charge on any atom is -0.358 e. The van der Waals surface area contributed by atoms with Gasteiger partial charge in [0.2, 0.25) is 0 Å². The summed E-state index contributed by atoms with van der Waals surface area (Å²) in [6, 6.07) is 0. The van der Waals surface area contributed by atoms with E-state index in [4.69, 9.17) is 0 Å². The van der Waals surface area contributed by atoms with Crippen LogP contribution in [0.15, 0.2) is 6.08 Å². The molecule has 14 heavy (non-hydrogen) atoms. The molecule has 1 heterocycles. The molecule has 0 amide bonds. The molecule has 1 nitrogen and oxygen atoms in total. The normalized spacial score (nSPS) is 23.4. The molecule has 1 aromatic rings. The summed E-state index contributed by atoms with van der Waals surface area (Å²) in [6.45, 7) is 2.28. The number of allylic oxidation sites excluding steroid dienone is 1. The monoisotopic (exact) mass is 185 g/mol. The van der Waals surface area contributed by atoms with E-state index in [0.29, 0.717) is 5.92 Å². The smallest absolute Gasteiger partial charge is 0.0418 e. The lowest BCUT2D eigenvalue weighted by atomic mass is 9.98. The number of nitrogens with one attached hydrogen (secondary N) is 1. The van der Waals surface area contributed by atoms with E-state index in [-0.39, 0.29) is 0 Å². The Balaban J connectivity index is 2.35. The van der Waals surface area contributed by atoms with Crippen LogP contribution in [0, 0.1) is 5.92 Å². The summed E-state index contributed by atoms with van der Waals surface area (Å²) in [5.41, 5.74) is 2.87. The minimum atomic E-state index is 0.692. The third kappa shape index (κ3) is 1.08. The molecule has 0 saturated heterocycles. The van der Waals surface area contributed by atoms with Gasteiger partial charge in [-0.15, -0.1) is 0 Å². The van der Waals surface area contributed by atoms with Gasteiger partial charge in [-0.3, -0.25) is 0 Å². The zero-order valence-electron chi connectivity index (χ0n) is 8.51. The van der Waals surface area contributed by atoms with Gasteiger partial charge in [-0.25, -0.2) is 0 Å². The molecule has 1 unspecified atom stereocenters. The van der Waals surface area contributed by atoms with Crippen molar-refractivity contribution in [3.63, 3.8) is 0 Å². The van der Waals surface area contributed by atoms with Crippen LogP contribution >= 0.6 is 0 Å². The Morgan fingerprint density at radius 3 is 3.29 bits per heavy atom. The standard InChI is InChI=1S/C13H15N/c1-9-6-7-13-11(8-9)10-4-2-3-5-12(10)14-13/h2,4,7-9,14H,3,5-6H2,1H3. The van der Waals surface area contributed by atoms with Crippen LogP contribution in [0.5, 0.6) is 0 Å². The van der Waals surface area contributed by atoms with Gasteiger partial charge < -0.3 is 4.98 Å². The van der Waals surface area contributed by atoms with Crippen LogP contribution in [0.25, 0.3) is 18.2 Å². The molecule has 0 radical (unpaired) electrons. The Bertz CT molecular complexity index is 502. The fraction of sp³-hybridized carbons (Fsp3) is 0.385. The second-order valence-electron chi connectivity index (χ2n) is 4.37. The molecular formula is C13H15N. The van der Waals surface area contributed by atoms with Crippen molar-refractivity contribution in [3.8, 4) is 0 Å². The first kappa shape index (κ1) is 8.10. The van der Waals surface area contributed by atoms with Crippen molar-refractivity contribution in [2.24, 2.45) is 5.92 Å². The molecule has 1 atom stereocenters. The number of rotatable bonds is 0. The molecule has 1 heteroatoms. The highest BCUT2D eigenvalue weighted by Gasteiger charge is 2.12. The molecule has 1 aromatic heterocycles. The molecule has 0 spiro atoms. The Labute approximate surface area is 83.8 Å². The van der Waals surface area contributed by atoms with Crippen LogP contribution in [-0.2, 0) is 6.42 Å². The molecule has 1 N–H and O–H groups in total. The van der Waals surface area contributed by atoms with E-state index in [9.17, 15) is 0 Å². The zero-order chi connectivity index (χ0) is 9.54. The molecule has 2 aliphatic rings. The van der Waals surface area contributed by atoms with Crippen molar-refractivity contribution >= 4 is 18.2 Å². The molecule has 0 aromatic carbocycles. The summed E-state index contributed by atoms with van der Waals surface area (Å²) in [7, 11) is 0. The van der Waals surface area contributed by atoms with Crippen molar-refractivity contribution in [1.29, 1.82) is 0 Å². The lowest BCUT2D eigenvalue weighted by Crippen LogP contribution is -2.28. The van der Waals surface area contributed by atoms with Gasteiger partial charge in [-0.05, 0) is 25.2 Å². The number of fused-ring (bicyclic) bond motifs is 3. The van der Waals surface area contributed by atoms with Crippen molar-refractivity contribution in [1.82, 2.24) is 4.98 Å². The highest BCUT2D eigenvalue weighted by molar-refractivity contribution is 5.59. The first-order chi connectivity index (χ1) is 6.84. The largest absolute Gasteiger partial charge is 0.358 e. The minimum absolute atomic E-state index is 0.692. The molecule has 72 valence electrons. The van der Waals surface area contributed by atoms with E-state index in [1.807, 2.05) is 0 Å². The third-order valence-electron chi connectivity index (χ3n) is 3.18. The SMILES string of the molecule is CC1C=c2c3c([nH]c2=CC1)CCC=C3. The highest BCUT2D eigenvalue weighted by atomic mass is 14.7. The van der Waals surface area contributed by atoms with Crippen LogP contribution in [0.2, 0.25) is 0 Å². The van der Waals surface area contributed by atoms with Gasteiger partial charge in [0.25, 0.3) is 0 Å². The Morgan fingerprint density at radius 2 is 2.36 bits per heavy atom. The molecule has 0 aliphatic heterocycles. The van der Waals surface area contributed by atoms with Crippen LogP contribution in [0.3, 0.4) is 0 Å². The molecule has 2 aliphatic carbocycles. The maximum Gasteiger partial charge on any atom is 0.0418 e. The van der Waals surface area contributed by atoms with Crippen LogP contribution in [0.1, 0.15) is 31.0 Å². The highest BCUT2D eigenvalue weighted by Crippen LogP contribution is 2.14. The quantitative estimate of drug-likeness (QED) is 0.631. The number of hydrogen-bond acceptors (Lipinski definition) is 0. The molecular weight excluding hydrogens is 170 g/mol. The van der Waals surface area contributed by atoms with Gasteiger partial charge >= 0.3 is 0 Å². The molecule has 0 bridgehead atoms. The maximum absolute atomic E-state index is 3.54. The lowest BCUT2D eigenvalue weighted by molar-refractivity contribution is 0.798. The van der Waals surface area contributed by atoms with Gasteiger partial charge in [-0.1, -0.05) is 31.2 Å². The summed E-state index contributed by atoms with van der Waals surface area (Å²) in [6.07, 6.45) is 12.8. The first-order valence-electron chi connectivity index (χ1n) is 5.44. The first-order valence-corrected chi connectivity index (χ1v) is 5.44. The van der Waals surface area contributed by atoms with Gasteiger partial charge in [0.15, 0.2) is 0 Å². The average molecular weight is 185 g/mol. The van der Waals surface area contributed by atoms with Gasteiger partial charge in [-0.2, -0.15) is 0 Å². The summed E-state index contributed by atoms with van der Waals surface area (Å²) >= 11 is 0. The fourth-order valence-corrected chi connectivity index (χ4v) is 2.42. The molecule has 3 rings (SSSR count). The zero-order valence-corrected chi connectivity index (χ0v) is 8.51. The number of aromatic nitrogens is 1. The van der Waals surface area contributed by atoms with Crippen LogP contribution in [0.4, 0.5) is 0 Å². The molecule has 0 saturated carbocycles. The second kappa shape index (κ2) is 2.88. The van der Waals surface area contributed by atoms with E-state index in [1.54, 1.807) is 0 Å². The average Bonchev–Trinajstić information content (AvgIpc) is 2.56. The van der Waals surface area contributed by atoms with Gasteiger partial charge in [0.1, 0.15) is 0 Å². The van der Waals surface area contributed by atoms with Crippen molar-refractivity contribution in [3.05, 3.63) is 27.9 Å². The van der Waals surface area contributed by atoms with Crippen molar-refractivity contribution < 1.29 is 0 Å². The summed E-state index contributed by atoms with van der Waals surface area (Å²) in [5.74, 6) is 0.692. The van der Waals surface area contributed by atoms with Crippen molar-refractivity contribution in [2.75, 3.05) is 0 Å². The number of H-pyrrole nitrogens is 1. The van der Waals surface area contributed by atoms with E-state index >= 15 is 0 Å². The van der Waals surface area contributed by atoms with E-state index in [2.05, 4.69) is 36.2 Å². The topological polar surface area (TPSA) is 15.8 Å². The fourth-order valence-electron chi connectivity index (χ4n) is 2.42. The Kier molecular flexibility index (Phi) is 1.66.